The lowest BCUT2D eigenvalue weighted by molar-refractivity contribution is 0.573. The van der Waals surface area contributed by atoms with Crippen LogP contribution in [-0.4, -0.2) is 31.7 Å². The van der Waals surface area contributed by atoms with E-state index in [1.54, 1.807) is 0 Å². The topological polar surface area (TPSA) is 20.2 Å². The van der Waals surface area contributed by atoms with Crippen molar-refractivity contribution < 1.29 is 4.80 Å². The van der Waals surface area contributed by atoms with Gasteiger partial charge in [0.1, 0.15) is 8.56 Å². The summed E-state index contributed by atoms with van der Waals surface area (Å²) >= 11 is 0. The average Bonchev–Trinajstić information content (AvgIpc) is 2.10. The molecule has 0 amide bonds. The summed E-state index contributed by atoms with van der Waals surface area (Å²) in [5, 5.41) is 0. The van der Waals surface area contributed by atoms with Gasteiger partial charge in [0.15, 0.2) is 0 Å². The summed E-state index contributed by atoms with van der Waals surface area (Å²) in [6.45, 7) is 2.25. The van der Waals surface area contributed by atoms with Crippen LogP contribution < -0.4 is 0 Å². The first-order valence-corrected chi connectivity index (χ1v) is 15.7. The Morgan fingerprint density at radius 2 is 1.75 bits per heavy atom. The minimum atomic E-state index is -1.04. The number of hydrogen-bond acceptors (Lipinski definition) is 1. The van der Waals surface area contributed by atoms with Gasteiger partial charge >= 0.3 is 0 Å². The van der Waals surface area contributed by atoms with Crippen LogP contribution in [0.4, 0.5) is 0 Å². The van der Waals surface area contributed by atoms with Gasteiger partial charge in [-0.1, -0.05) is 45.4 Å². The molecule has 1 atom stereocenters. The largest absolute Gasteiger partial charge is 0.439 e. The van der Waals surface area contributed by atoms with Crippen LogP contribution in [0, 0.1) is 0 Å². The minimum absolute atomic E-state index is 0.128. The van der Waals surface area contributed by atoms with Gasteiger partial charge in [-0.05, 0) is 15.8 Å². The van der Waals surface area contributed by atoms with Crippen LogP contribution in [0.3, 0.4) is 0 Å². The SMILES string of the molecule is CCCCCCCC[SiH](O)[SiH2][SiH3]. The molecule has 0 saturated carbocycles. The first-order chi connectivity index (χ1) is 5.81. The van der Waals surface area contributed by atoms with Gasteiger partial charge in [-0.15, -0.1) is 0 Å². The quantitative estimate of drug-likeness (QED) is 0.451. The summed E-state index contributed by atoms with van der Waals surface area (Å²) in [4.78, 5) is 9.50. The van der Waals surface area contributed by atoms with Gasteiger partial charge in [0.2, 0.25) is 0 Å². The minimum Gasteiger partial charge on any atom is -0.439 e. The Hall–Kier alpha value is 0.611. The van der Waals surface area contributed by atoms with Gasteiger partial charge < -0.3 is 4.80 Å². The second-order valence-electron chi connectivity index (χ2n) is 3.62. The third kappa shape index (κ3) is 8.70. The summed E-state index contributed by atoms with van der Waals surface area (Å²) < 4.78 is 0. The van der Waals surface area contributed by atoms with Gasteiger partial charge in [-0.25, -0.2) is 0 Å². The predicted molar refractivity (Wildman–Crippen MR) is 66.0 cm³/mol. The highest BCUT2D eigenvalue weighted by atomic mass is 29.5. The molecule has 0 aromatic carbocycles. The monoisotopic (exact) mass is 220 g/mol. The van der Waals surface area contributed by atoms with Gasteiger partial charge in [0, 0.05) is 8.55 Å². The fourth-order valence-electron chi connectivity index (χ4n) is 1.36. The summed E-state index contributed by atoms with van der Waals surface area (Å²) in [5.74, 6) is 0. The second kappa shape index (κ2) is 9.70. The Balaban J connectivity index is 2.90. The van der Waals surface area contributed by atoms with E-state index in [1.165, 1.54) is 54.3 Å². The van der Waals surface area contributed by atoms with Crippen LogP contribution in [0.25, 0.3) is 0 Å². The summed E-state index contributed by atoms with van der Waals surface area (Å²) in [6.07, 6.45) is 8.25. The Bertz CT molecular complexity index is 90.4. The average molecular weight is 221 g/mol. The third-order valence-corrected chi connectivity index (χ3v) is 16.9. The van der Waals surface area contributed by atoms with Crippen LogP contribution in [0.2, 0.25) is 6.04 Å². The maximum Gasteiger partial charge on any atom is 0.150 e. The molecule has 0 aliphatic rings. The van der Waals surface area contributed by atoms with E-state index < -0.39 is 8.56 Å². The molecule has 0 radical (unpaired) electrons. The first kappa shape index (κ1) is 12.6. The fourth-order valence-corrected chi connectivity index (χ4v) is 8.30. The van der Waals surface area contributed by atoms with E-state index >= 15 is 0 Å². The van der Waals surface area contributed by atoms with Crippen molar-refractivity contribution in [2.45, 2.75) is 51.5 Å². The van der Waals surface area contributed by atoms with E-state index in [-0.39, 0.29) is 8.55 Å². The van der Waals surface area contributed by atoms with E-state index in [1.807, 2.05) is 0 Å². The normalized spacial score (nSPS) is 14.5. The lowest BCUT2D eigenvalue weighted by Gasteiger charge is -2.04. The van der Waals surface area contributed by atoms with E-state index in [0.717, 1.165) is 0 Å². The van der Waals surface area contributed by atoms with Crippen LogP contribution in [-0.2, 0) is 0 Å². The van der Waals surface area contributed by atoms with Gasteiger partial charge in [-0.3, -0.25) is 0 Å². The number of unbranched alkanes of at least 4 members (excludes halogenated alkanes) is 5. The molecule has 1 unspecified atom stereocenters. The zero-order valence-electron chi connectivity index (χ0n) is 8.68. The molecule has 0 aromatic heterocycles. The summed E-state index contributed by atoms with van der Waals surface area (Å²) in [6, 6.07) is 1.24. The third-order valence-electron chi connectivity index (χ3n) is 2.36. The lowest BCUT2D eigenvalue weighted by Crippen LogP contribution is -2.21. The van der Waals surface area contributed by atoms with Crippen molar-refractivity contribution in [1.29, 1.82) is 0 Å². The Labute approximate surface area is 83.5 Å². The van der Waals surface area contributed by atoms with E-state index in [4.69, 9.17) is 0 Å². The van der Waals surface area contributed by atoms with Crippen molar-refractivity contribution in [3.63, 3.8) is 0 Å². The standard InChI is InChI=1S/C8H24OSi3/c1-2-3-4-5-6-7-8-12(9)11-10/h9,12H,2-8,11H2,1,10H3. The molecule has 0 aliphatic heterocycles. The van der Waals surface area contributed by atoms with Crippen molar-refractivity contribution in [2.75, 3.05) is 0 Å². The van der Waals surface area contributed by atoms with Crippen LogP contribution in [0.5, 0.6) is 0 Å². The van der Waals surface area contributed by atoms with Crippen molar-refractivity contribution in [3.05, 3.63) is 0 Å². The molecule has 0 bridgehead atoms. The van der Waals surface area contributed by atoms with Gasteiger partial charge in [0.05, 0.1) is 0 Å². The molecule has 0 aliphatic carbocycles. The van der Waals surface area contributed by atoms with Gasteiger partial charge in [-0.2, -0.15) is 0 Å². The van der Waals surface area contributed by atoms with Crippen LogP contribution in [0.1, 0.15) is 45.4 Å². The Kier molecular flexibility index (Phi) is 10.2. The maximum atomic E-state index is 9.50. The molecule has 1 nitrogen and oxygen atoms in total. The molecule has 12 heavy (non-hydrogen) atoms. The molecule has 4 heteroatoms. The number of hydrogen-bond donors (Lipinski definition) is 1. The zero-order valence-corrected chi connectivity index (χ0v) is 13.3. The van der Waals surface area contributed by atoms with Gasteiger partial charge in [0.25, 0.3) is 0 Å². The predicted octanol–water partition coefficient (Wildman–Crippen LogP) is 0.00890. The van der Waals surface area contributed by atoms with Crippen LogP contribution >= 0.6 is 0 Å². The summed E-state index contributed by atoms with van der Waals surface area (Å²) in [5.41, 5.74) is 0. The highest BCUT2D eigenvalue weighted by Gasteiger charge is 2.02. The lowest BCUT2D eigenvalue weighted by atomic mass is 10.1. The molecule has 0 saturated heterocycles. The van der Waals surface area contributed by atoms with Crippen molar-refractivity contribution in [3.8, 4) is 0 Å². The molecular weight excluding hydrogens is 196 g/mol. The van der Waals surface area contributed by atoms with E-state index in [0.29, 0.717) is 0 Å². The smallest absolute Gasteiger partial charge is 0.150 e. The molecule has 0 rings (SSSR count). The Morgan fingerprint density at radius 3 is 2.33 bits per heavy atom. The van der Waals surface area contributed by atoms with E-state index in [2.05, 4.69) is 6.92 Å². The zero-order chi connectivity index (χ0) is 9.23. The molecule has 0 heterocycles. The van der Waals surface area contributed by atoms with Crippen molar-refractivity contribution >= 4 is 26.9 Å². The molecule has 1 N–H and O–H groups in total. The first-order valence-electron chi connectivity index (χ1n) is 5.49. The molecule has 74 valence electrons. The molecule has 0 aromatic rings. The maximum absolute atomic E-state index is 9.50. The van der Waals surface area contributed by atoms with Crippen molar-refractivity contribution in [2.24, 2.45) is 0 Å². The molecular formula is C8H24OSi3. The fraction of sp³-hybridized carbons (Fsp3) is 1.00. The number of rotatable bonds is 8. The van der Waals surface area contributed by atoms with Crippen LogP contribution in [0.15, 0.2) is 0 Å². The van der Waals surface area contributed by atoms with E-state index in [9.17, 15) is 4.80 Å². The Morgan fingerprint density at radius 1 is 1.17 bits per heavy atom. The van der Waals surface area contributed by atoms with Crippen molar-refractivity contribution in [1.82, 2.24) is 0 Å². The highest BCUT2D eigenvalue weighted by molar-refractivity contribution is 7.28. The molecule has 0 spiro atoms. The summed E-state index contributed by atoms with van der Waals surface area (Å²) in [7, 11) is 0.432. The highest BCUT2D eigenvalue weighted by Crippen LogP contribution is 2.07. The molecule has 0 fully saturated rings. The second-order valence-corrected chi connectivity index (χ2v) is 18.9.